The van der Waals surface area contributed by atoms with Gasteiger partial charge in [-0.05, 0) is 25.3 Å². The second-order valence-electron chi connectivity index (χ2n) is 5.50. The van der Waals surface area contributed by atoms with E-state index in [0.29, 0.717) is 5.56 Å². The molecule has 1 aliphatic rings. The van der Waals surface area contributed by atoms with Crippen molar-refractivity contribution in [3.8, 4) is 0 Å². The molecule has 110 valence electrons. The van der Waals surface area contributed by atoms with Crippen LogP contribution in [0, 0.1) is 5.92 Å². The molecule has 0 aliphatic heterocycles. The number of hydrogen-bond acceptors (Lipinski definition) is 3. The van der Waals surface area contributed by atoms with Crippen LogP contribution in [-0.4, -0.2) is 24.0 Å². The van der Waals surface area contributed by atoms with Crippen LogP contribution >= 0.6 is 0 Å². The van der Waals surface area contributed by atoms with Crippen molar-refractivity contribution < 1.29 is 4.79 Å². The average molecular weight is 275 g/mol. The van der Waals surface area contributed by atoms with E-state index < -0.39 is 0 Å². The number of carbonyl (C=O) groups excluding carboxylic acids is 1. The van der Waals surface area contributed by atoms with Crippen LogP contribution in [0.2, 0.25) is 0 Å². The van der Waals surface area contributed by atoms with Crippen LogP contribution in [-0.2, 0) is 0 Å². The fraction of sp³-hybridized carbons (Fsp3) is 0.625. The molecule has 1 saturated carbocycles. The Morgan fingerprint density at radius 3 is 2.90 bits per heavy atom. The van der Waals surface area contributed by atoms with Crippen LogP contribution in [0.1, 0.15) is 55.8 Å². The number of nitrogens with zero attached hydrogens (tertiary/aromatic N) is 1. The summed E-state index contributed by atoms with van der Waals surface area (Å²) in [5.41, 5.74) is 1.50. The maximum Gasteiger partial charge on any atom is 0.254 e. The Kier molecular flexibility index (Phi) is 5.84. The first kappa shape index (κ1) is 14.8. The van der Waals surface area contributed by atoms with Crippen molar-refractivity contribution in [1.29, 1.82) is 0 Å². The molecule has 0 atom stereocenters. The molecule has 0 aromatic carbocycles. The van der Waals surface area contributed by atoms with E-state index in [-0.39, 0.29) is 5.91 Å². The lowest BCUT2D eigenvalue weighted by Crippen LogP contribution is -2.27. The van der Waals surface area contributed by atoms with Gasteiger partial charge in [0.1, 0.15) is 0 Å². The molecule has 4 heteroatoms. The highest BCUT2D eigenvalue weighted by molar-refractivity contribution is 5.99. The molecule has 1 amide bonds. The zero-order valence-electron chi connectivity index (χ0n) is 12.3. The van der Waals surface area contributed by atoms with Gasteiger partial charge in [0.15, 0.2) is 0 Å². The Balaban J connectivity index is 1.82. The second kappa shape index (κ2) is 7.88. The summed E-state index contributed by atoms with van der Waals surface area (Å²) in [6, 6.07) is 1.85. The van der Waals surface area contributed by atoms with Crippen molar-refractivity contribution in [2.75, 3.05) is 18.4 Å². The van der Waals surface area contributed by atoms with Gasteiger partial charge in [-0.3, -0.25) is 9.78 Å². The minimum atomic E-state index is -0.0233. The lowest BCUT2D eigenvalue weighted by atomic mass is 9.87. The first-order valence-corrected chi connectivity index (χ1v) is 7.77. The van der Waals surface area contributed by atoms with Gasteiger partial charge in [-0.25, -0.2) is 0 Å². The van der Waals surface area contributed by atoms with Crippen molar-refractivity contribution in [3.63, 3.8) is 0 Å². The predicted molar refractivity (Wildman–Crippen MR) is 81.9 cm³/mol. The summed E-state index contributed by atoms with van der Waals surface area (Å²) in [5.74, 6) is 0.774. The van der Waals surface area contributed by atoms with E-state index >= 15 is 0 Å². The summed E-state index contributed by atoms with van der Waals surface area (Å²) in [5, 5.41) is 6.22. The molecule has 0 spiro atoms. The Labute approximate surface area is 121 Å². The number of aromatic nitrogens is 1. The molecule has 1 aromatic rings. The summed E-state index contributed by atoms with van der Waals surface area (Å²) in [7, 11) is 0. The second-order valence-corrected chi connectivity index (χ2v) is 5.50. The number of pyridine rings is 1. The number of rotatable bonds is 6. The van der Waals surface area contributed by atoms with Gasteiger partial charge < -0.3 is 10.6 Å². The first-order chi connectivity index (χ1) is 9.81. The Bertz CT molecular complexity index is 427. The topological polar surface area (TPSA) is 54.0 Å². The van der Waals surface area contributed by atoms with Gasteiger partial charge in [0.05, 0.1) is 11.3 Å². The van der Waals surface area contributed by atoms with E-state index in [4.69, 9.17) is 0 Å². The lowest BCUT2D eigenvalue weighted by molar-refractivity contribution is 0.0951. The first-order valence-electron chi connectivity index (χ1n) is 7.77. The third kappa shape index (κ3) is 4.22. The van der Waals surface area contributed by atoms with Crippen molar-refractivity contribution in [1.82, 2.24) is 10.3 Å². The van der Waals surface area contributed by atoms with Gasteiger partial charge in [-0.1, -0.05) is 32.1 Å². The smallest absolute Gasteiger partial charge is 0.254 e. The van der Waals surface area contributed by atoms with Gasteiger partial charge in [0, 0.05) is 25.5 Å². The summed E-state index contributed by atoms with van der Waals surface area (Å²) in [4.78, 5) is 16.2. The molecule has 1 heterocycles. The maximum atomic E-state index is 12.2. The Hall–Kier alpha value is -1.58. The van der Waals surface area contributed by atoms with E-state index in [1.807, 2.05) is 13.0 Å². The van der Waals surface area contributed by atoms with Gasteiger partial charge in [-0.2, -0.15) is 0 Å². The standard InChI is InChI=1S/C16H25N3O/c1-2-18-15-9-10-17-12-14(15)16(20)19-11-8-13-6-4-3-5-7-13/h9-10,12-13H,2-8,11H2,1H3,(H,17,18)(H,19,20). The third-order valence-electron chi connectivity index (χ3n) is 4.00. The molecular weight excluding hydrogens is 250 g/mol. The lowest BCUT2D eigenvalue weighted by Gasteiger charge is -2.21. The number of nitrogens with one attached hydrogen (secondary N) is 2. The van der Waals surface area contributed by atoms with E-state index in [1.165, 1.54) is 32.1 Å². The summed E-state index contributed by atoms with van der Waals surface area (Å²) in [6.07, 6.45) is 11.2. The third-order valence-corrected chi connectivity index (χ3v) is 4.00. The zero-order chi connectivity index (χ0) is 14.2. The molecule has 1 aromatic heterocycles. The molecule has 1 fully saturated rings. The van der Waals surface area contributed by atoms with E-state index in [0.717, 1.165) is 31.1 Å². The van der Waals surface area contributed by atoms with Gasteiger partial charge in [-0.15, -0.1) is 0 Å². The van der Waals surface area contributed by atoms with Crippen LogP contribution in [0.4, 0.5) is 5.69 Å². The molecule has 0 bridgehead atoms. The maximum absolute atomic E-state index is 12.2. The van der Waals surface area contributed by atoms with E-state index in [1.54, 1.807) is 12.4 Å². The highest BCUT2D eigenvalue weighted by Crippen LogP contribution is 2.25. The summed E-state index contributed by atoms with van der Waals surface area (Å²) >= 11 is 0. The number of amides is 1. The SMILES string of the molecule is CCNc1ccncc1C(=O)NCCC1CCCCC1. The van der Waals surface area contributed by atoms with Gasteiger partial charge in [0.2, 0.25) is 0 Å². The molecule has 2 rings (SSSR count). The van der Waals surface area contributed by atoms with Crippen LogP contribution in [0.5, 0.6) is 0 Å². The van der Waals surface area contributed by atoms with Crippen LogP contribution in [0.3, 0.4) is 0 Å². The average Bonchev–Trinajstić information content (AvgIpc) is 2.49. The van der Waals surface area contributed by atoms with Crippen molar-refractivity contribution in [3.05, 3.63) is 24.0 Å². The molecule has 4 nitrogen and oxygen atoms in total. The minimum Gasteiger partial charge on any atom is -0.385 e. The van der Waals surface area contributed by atoms with Crippen molar-refractivity contribution in [2.45, 2.75) is 45.4 Å². The normalized spacial score (nSPS) is 15.8. The highest BCUT2D eigenvalue weighted by Gasteiger charge is 2.15. The molecule has 0 unspecified atom stereocenters. The largest absolute Gasteiger partial charge is 0.385 e. The molecule has 0 radical (unpaired) electrons. The summed E-state index contributed by atoms with van der Waals surface area (Å²) < 4.78 is 0. The van der Waals surface area contributed by atoms with E-state index in [2.05, 4.69) is 15.6 Å². The van der Waals surface area contributed by atoms with Gasteiger partial charge in [0.25, 0.3) is 5.91 Å². The van der Waals surface area contributed by atoms with Crippen molar-refractivity contribution >= 4 is 11.6 Å². The minimum absolute atomic E-state index is 0.0233. The number of hydrogen-bond donors (Lipinski definition) is 2. The van der Waals surface area contributed by atoms with Crippen LogP contribution in [0.15, 0.2) is 18.5 Å². The Morgan fingerprint density at radius 1 is 1.35 bits per heavy atom. The molecule has 0 saturated heterocycles. The van der Waals surface area contributed by atoms with Crippen LogP contribution < -0.4 is 10.6 Å². The Morgan fingerprint density at radius 2 is 2.15 bits per heavy atom. The fourth-order valence-corrected chi connectivity index (χ4v) is 2.88. The number of anilines is 1. The number of carbonyl (C=O) groups is 1. The van der Waals surface area contributed by atoms with Gasteiger partial charge >= 0.3 is 0 Å². The quantitative estimate of drug-likeness (QED) is 0.838. The zero-order valence-corrected chi connectivity index (χ0v) is 12.3. The highest BCUT2D eigenvalue weighted by atomic mass is 16.1. The fourth-order valence-electron chi connectivity index (χ4n) is 2.88. The van der Waals surface area contributed by atoms with Crippen LogP contribution in [0.25, 0.3) is 0 Å². The molecular formula is C16H25N3O. The molecule has 1 aliphatic carbocycles. The summed E-state index contributed by atoms with van der Waals surface area (Å²) in [6.45, 7) is 3.58. The monoisotopic (exact) mass is 275 g/mol. The van der Waals surface area contributed by atoms with E-state index in [9.17, 15) is 4.79 Å². The predicted octanol–water partition coefficient (Wildman–Crippen LogP) is 3.21. The molecule has 2 N–H and O–H groups in total. The van der Waals surface area contributed by atoms with Crippen molar-refractivity contribution in [2.24, 2.45) is 5.92 Å². The molecule has 20 heavy (non-hydrogen) atoms.